The number of hydrogen-bond donors (Lipinski definition) is 0. The van der Waals surface area contributed by atoms with Gasteiger partial charge in [-0.3, -0.25) is 0 Å². The molecule has 9 heteroatoms. The van der Waals surface area contributed by atoms with E-state index in [-0.39, 0.29) is 21.7 Å². The van der Waals surface area contributed by atoms with Gasteiger partial charge in [0.2, 0.25) is 0 Å². The van der Waals surface area contributed by atoms with Gasteiger partial charge >= 0.3 is 21.7 Å². The molecule has 0 saturated heterocycles. The third kappa shape index (κ3) is 79.6. The van der Waals surface area contributed by atoms with Crippen LogP contribution in [0.25, 0.3) is 0 Å². The van der Waals surface area contributed by atoms with Gasteiger partial charge in [-0.2, -0.15) is 0 Å². The van der Waals surface area contributed by atoms with Gasteiger partial charge in [0.15, 0.2) is 0 Å². The van der Waals surface area contributed by atoms with Crippen LogP contribution in [0.3, 0.4) is 0 Å². The van der Waals surface area contributed by atoms with Gasteiger partial charge in [0.1, 0.15) is 0 Å². The van der Waals surface area contributed by atoms with E-state index in [0.29, 0.717) is 26.4 Å². The maximum Gasteiger partial charge on any atom is 4.00 e. The van der Waals surface area contributed by atoms with E-state index in [0.717, 1.165) is 0 Å². The molecule has 0 fully saturated rings. The molecule has 0 spiro atoms. The maximum atomic E-state index is 9.90. The van der Waals surface area contributed by atoms with Crippen LogP contribution in [0, 0.1) is 0 Å². The van der Waals surface area contributed by atoms with Gasteiger partial charge in [-0.25, -0.2) is 0 Å². The molecule has 0 saturated carbocycles. The average molecular weight is 404 g/mol. The van der Waals surface area contributed by atoms with Gasteiger partial charge in [0, 0.05) is 26.4 Å². The molecule has 0 N–H and O–H groups in total. The van der Waals surface area contributed by atoms with E-state index in [1.807, 2.05) is 0 Å². The van der Waals surface area contributed by atoms with Crippen LogP contribution in [0.5, 0.6) is 0 Å². The van der Waals surface area contributed by atoms with Crippen molar-refractivity contribution in [1.29, 1.82) is 0 Å². The molecule has 0 aromatic rings. The molecule has 0 amide bonds. The maximum absolute atomic E-state index is 9.90. The molecule has 4 atom stereocenters. The Labute approximate surface area is 168 Å². The summed E-state index contributed by atoms with van der Waals surface area (Å²) in [4.78, 5) is 0. The van der Waals surface area contributed by atoms with Crippen molar-refractivity contribution in [2.45, 2.75) is 80.6 Å². The first-order valence-electron chi connectivity index (χ1n) is 8.18. The monoisotopic (exact) mass is 404 g/mol. The Hall–Kier alpha value is 0.394. The second-order valence-electron chi connectivity index (χ2n) is 4.09. The fourth-order valence-electron chi connectivity index (χ4n) is 0.939. The Kier molecular flexibility index (Phi) is 46.6. The number of hydrogen-bond acceptors (Lipinski definition) is 8. The summed E-state index contributed by atoms with van der Waals surface area (Å²) in [5, 5.41) is 39.6. The fourth-order valence-corrected chi connectivity index (χ4v) is 0.939. The van der Waals surface area contributed by atoms with Crippen LogP contribution < -0.4 is 20.4 Å². The van der Waals surface area contributed by atoms with E-state index < -0.39 is 25.2 Å². The predicted octanol–water partition coefficient (Wildman–Crippen LogP) is -1.09. The Morgan fingerprint density at radius 2 is 0.600 bits per heavy atom. The zero-order valence-electron chi connectivity index (χ0n) is 16.9. The van der Waals surface area contributed by atoms with Gasteiger partial charge in [-0.15, -0.1) is 0 Å². The Bertz CT molecular complexity index is 153. The first-order valence-corrected chi connectivity index (χ1v) is 8.18. The molecule has 0 heterocycles. The van der Waals surface area contributed by atoms with Crippen molar-refractivity contribution in [2.24, 2.45) is 0 Å². The van der Waals surface area contributed by atoms with E-state index in [1.54, 1.807) is 27.7 Å². The molecule has 0 aliphatic carbocycles. The standard InChI is InChI=1S/4C4H9O2.Ti/c4*1-3-6-4(2)5;/h4*4H,3H2,1-2H3;/q4*-1;+4. The molecule has 0 bridgehead atoms. The molecule has 0 radical (unpaired) electrons. The molecule has 8 nitrogen and oxygen atoms in total. The smallest absolute Gasteiger partial charge is 0.831 e. The molecule has 4 unspecified atom stereocenters. The van der Waals surface area contributed by atoms with Crippen molar-refractivity contribution in [3.05, 3.63) is 0 Å². The minimum absolute atomic E-state index is 0. The van der Waals surface area contributed by atoms with Crippen LogP contribution in [0.15, 0.2) is 0 Å². The average Bonchev–Trinajstić information content (AvgIpc) is 2.39. The summed E-state index contributed by atoms with van der Waals surface area (Å²) in [6, 6.07) is 0. The predicted molar refractivity (Wildman–Crippen MR) is 84.4 cm³/mol. The number of rotatable bonds is 8. The second-order valence-corrected chi connectivity index (χ2v) is 4.09. The summed E-state index contributed by atoms with van der Waals surface area (Å²) >= 11 is 0. The van der Waals surface area contributed by atoms with Crippen LogP contribution in [-0.4, -0.2) is 51.6 Å². The third-order valence-electron chi connectivity index (χ3n) is 1.61. The molecule has 0 aromatic carbocycles. The van der Waals surface area contributed by atoms with E-state index >= 15 is 0 Å². The molecule has 25 heavy (non-hydrogen) atoms. The Morgan fingerprint density at radius 1 is 0.480 bits per heavy atom. The summed E-state index contributed by atoms with van der Waals surface area (Å²) < 4.78 is 17.9. The van der Waals surface area contributed by atoms with Crippen molar-refractivity contribution in [3.8, 4) is 0 Å². The zero-order valence-corrected chi connectivity index (χ0v) is 18.5. The van der Waals surface area contributed by atoms with Crippen LogP contribution >= 0.6 is 0 Å². The summed E-state index contributed by atoms with van der Waals surface area (Å²) in [7, 11) is 0. The topological polar surface area (TPSA) is 129 Å². The zero-order chi connectivity index (χ0) is 20.0. The second kappa shape index (κ2) is 32.1. The summed E-state index contributed by atoms with van der Waals surface area (Å²) in [5.41, 5.74) is 0. The van der Waals surface area contributed by atoms with Crippen molar-refractivity contribution in [3.63, 3.8) is 0 Å². The van der Waals surface area contributed by atoms with Gasteiger partial charge < -0.3 is 39.4 Å². The van der Waals surface area contributed by atoms with E-state index in [1.165, 1.54) is 27.7 Å². The normalized spacial score (nSPS) is 13.9. The van der Waals surface area contributed by atoms with Gasteiger partial charge in [-0.1, -0.05) is 27.7 Å². The first-order chi connectivity index (χ1) is 11.1. The first kappa shape index (κ1) is 36.3. The van der Waals surface area contributed by atoms with E-state index in [2.05, 4.69) is 18.9 Å². The van der Waals surface area contributed by atoms with Crippen molar-refractivity contribution >= 4 is 0 Å². The van der Waals surface area contributed by atoms with E-state index in [9.17, 15) is 20.4 Å². The van der Waals surface area contributed by atoms with Gasteiger partial charge in [0.05, 0.1) is 0 Å². The van der Waals surface area contributed by atoms with Crippen LogP contribution in [0.4, 0.5) is 0 Å². The Balaban J connectivity index is -0.0000000702. The molecule has 0 aliphatic rings. The van der Waals surface area contributed by atoms with Crippen LogP contribution in [-0.2, 0) is 40.7 Å². The summed E-state index contributed by atoms with van der Waals surface area (Å²) in [6.45, 7) is 15.2. The fraction of sp³-hybridized carbons (Fsp3) is 1.00. The summed E-state index contributed by atoms with van der Waals surface area (Å²) in [6.07, 6.45) is -3.41. The van der Waals surface area contributed by atoms with Crippen molar-refractivity contribution < 1.29 is 61.1 Å². The minimum atomic E-state index is -0.852. The minimum Gasteiger partial charge on any atom is -0.831 e. The van der Waals surface area contributed by atoms with Crippen LogP contribution in [0.1, 0.15) is 55.4 Å². The molecule has 0 aromatic heterocycles. The van der Waals surface area contributed by atoms with Crippen molar-refractivity contribution in [1.82, 2.24) is 0 Å². The molecule has 0 rings (SSSR count). The molecular weight excluding hydrogens is 368 g/mol. The quantitative estimate of drug-likeness (QED) is 0.369. The Morgan fingerprint density at radius 3 is 0.600 bits per heavy atom. The van der Waals surface area contributed by atoms with Crippen molar-refractivity contribution in [2.75, 3.05) is 26.4 Å². The SMILES string of the molecule is CCOC(C)[O-].CCOC(C)[O-].CCOC(C)[O-].CCOC(C)[O-].[Ti+4]. The largest absolute Gasteiger partial charge is 4.00 e. The molecule has 152 valence electrons. The molecule has 0 aliphatic heterocycles. The summed E-state index contributed by atoms with van der Waals surface area (Å²) in [5.74, 6) is 0. The van der Waals surface area contributed by atoms with Crippen LogP contribution in [0.2, 0.25) is 0 Å². The van der Waals surface area contributed by atoms with E-state index in [4.69, 9.17) is 0 Å². The third-order valence-corrected chi connectivity index (χ3v) is 1.61. The number of ether oxygens (including phenoxy) is 4. The van der Waals surface area contributed by atoms with Gasteiger partial charge in [0.25, 0.3) is 0 Å². The molecular formula is C16H36O8Ti. The van der Waals surface area contributed by atoms with Gasteiger partial charge in [-0.05, 0) is 52.9 Å².